The van der Waals surface area contributed by atoms with Gasteiger partial charge in [-0.1, -0.05) is 59.2 Å². The molecule has 5 aromatic rings. The van der Waals surface area contributed by atoms with Gasteiger partial charge in [0.25, 0.3) is 5.91 Å². The summed E-state index contributed by atoms with van der Waals surface area (Å²) >= 11 is 15.1. The van der Waals surface area contributed by atoms with E-state index >= 15 is 0 Å². The molecule has 0 aliphatic carbocycles. The average molecular weight is 668 g/mol. The van der Waals surface area contributed by atoms with E-state index in [-0.39, 0.29) is 22.0 Å². The number of para-hydroxylation sites is 1. The maximum Gasteiger partial charge on any atom is 0.328 e. The normalized spacial score (nSPS) is 11.5. The van der Waals surface area contributed by atoms with E-state index in [0.29, 0.717) is 22.0 Å². The summed E-state index contributed by atoms with van der Waals surface area (Å²) in [5.41, 5.74) is 3.80. The first-order valence-corrected chi connectivity index (χ1v) is 15.5. The lowest BCUT2D eigenvalue weighted by Gasteiger charge is -2.18. The zero-order valence-corrected chi connectivity index (χ0v) is 26.4. The fraction of sp³-hybridized carbons (Fsp3) is 0.133. The highest BCUT2D eigenvalue weighted by atomic mass is 35.5. The Morgan fingerprint density at radius 2 is 1.73 bits per heavy atom. The van der Waals surface area contributed by atoms with Crippen LogP contribution in [0.4, 0.5) is 16.2 Å². The molecule has 0 aliphatic heterocycles. The van der Waals surface area contributed by atoms with Crippen molar-refractivity contribution in [3.8, 4) is 0 Å². The van der Waals surface area contributed by atoms with Crippen molar-refractivity contribution in [2.24, 2.45) is 0 Å². The summed E-state index contributed by atoms with van der Waals surface area (Å²) in [4.78, 5) is 52.9. The van der Waals surface area contributed by atoms with E-state index in [9.17, 15) is 14.4 Å². The number of pyridine rings is 1. The number of rotatable bonds is 9. The van der Waals surface area contributed by atoms with E-state index in [0.717, 1.165) is 20.8 Å². The number of hydrogen-bond donors (Lipinski definition) is 3. The van der Waals surface area contributed by atoms with Crippen molar-refractivity contribution >= 4 is 85.9 Å². The number of esters is 1. The number of amides is 3. The Bertz CT molecular complexity index is 1830. The van der Waals surface area contributed by atoms with Crippen LogP contribution in [0.15, 0.2) is 82.4 Å². The molecule has 3 N–H and O–H groups in total. The number of benzene rings is 2. The highest BCUT2D eigenvalue weighted by Gasteiger charge is 2.23. The van der Waals surface area contributed by atoms with Crippen molar-refractivity contribution < 1.29 is 19.1 Å². The lowest BCUT2D eigenvalue weighted by molar-refractivity contribution is -0.142. The second kappa shape index (κ2) is 14.0. The summed E-state index contributed by atoms with van der Waals surface area (Å²) in [7, 11) is 1.25. The molecule has 3 aromatic heterocycles. The topological polar surface area (TPSA) is 135 Å². The Labute approximate surface area is 270 Å². The summed E-state index contributed by atoms with van der Waals surface area (Å²) in [6.07, 6.45) is 4.51. The van der Waals surface area contributed by atoms with E-state index in [4.69, 9.17) is 27.9 Å². The van der Waals surface area contributed by atoms with Gasteiger partial charge in [-0.25, -0.2) is 14.6 Å². The number of nitrogens with zero attached hydrogens (tertiary/aromatic N) is 3. The number of thiophene rings is 1. The van der Waals surface area contributed by atoms with Crippen LogP contribution in [0.1, 0.15) is 21.5 Å². The highest BCUT2D eigenvalue weighted by Crippen LogP contribution is 2.34. The third-order valence-electron chi connectivity index (χ3n) is 6.31. The van der Waals surface area contributed by atoms with Crippen molar-refractivity contribution in [3.05, 3.63) is 99.2 Å². The van der Waals surface area contributed by atoms with Crippen LogP contribution < -0.4 is 16.0 Å². The largest absolute Gasteiger partial charge is 0.467 e. The predicted molar refractivity (Wildman–Crippen MR) is 173 cm³/mol. The van der Waals surface area contributed by atoms with Crippen LogP contribution >= 0.6 is 46.3 Å². The van der Waals surface area contributed by atoms with Gasteiger partial charge in [0.1, 0.15) is 21.4 Å². The zero-order valence-electron chi connectivity index (χ0n) is 23.3. The average Bonchev–Trinajstić information content (AvgIpc) is 3.37. The number of carbonyl (C=O) groups excluding carboxylic acids is 3. The van der Waals surface area contributed by atoms with E-state index in [1.54, 1.807) is 42.6 Å². The summed E-state index contributed by atoms with van der Waals surface area (Å²) in [5.74, 6) is -1.11. The zero-order chi connectivity index (χ0) is 31.2. The number of nitrogens with one attached hydrogen (secondary N) is 3. The molecule has 0 bridgehead atoms. The van der Waals surface area contributed by atoms with Crippen molar-refractivity contribution in [2.45, 2.75) is 29.3 Å². The van der Waals surface area contributed by atoms with E-state index in [2.05, 4.69) is 30.9 Å². The molecule has 2 aromatic carbocycles. The molecule has 44 heavy (non-hydrogen) atoms. The molecular weight excluding hydrogens is 643 g/mol. The summed E-state index contributed by atoms with van der Waals surface area (Å²) in [5, 5.41) is 11.2. The summed E-state index contributed by atoms with van der Waals surface area (Å²) < 4.78 is 4.94. The van der Waals surface area contributed by atoms with Crippen LogP contribution in [-0.2, 0) is 16.0 Å². The molecule has 0 saturated heterocycles. The SMILES string of the molecule is COC(=O)[C@H](Cc1ccc(NC(=O)c2c(Cl)cncc2Cl)cc1)NC(=O)Nc1ccccc1Sc1cnc2c(C)csc2n1. The summed E-state index contributed by atoms with van der Waals surface area (Å²) in [6, 6.07) is 12.5. The lowest BCUT2D eigenvalue weighted by Crippen LogP contribution is -2.45. The number of hydrogen-bond acceptors (Lipinski definition) is 9. The minimum atomic E-state index is -0.981. The Balaban J connectivity index is 1.23. The monoisotopic (exact) mass is 666 g/mol. The molecule has 10 nitrogen and oxygen atoms in total. The van der Waals surface area contributed by atoms with Crippen LogP contribution in [-0.4, -0.2) is 46.0 Å². The molecule has 0 spiro atoms. The second-order valence-corrected chi connectivity index (χ2v) is 12.1. The Morgan fingerprint density at radius 1 is 1.00 bits per heavy atom. The predicted octanol–water partition coefficient (Wildman–Crippen LogP) is 7.01. The van der Waals surface area contributed by atoms with Crippen LogP contribution in [0.25, 0.3) is 10.3 Å². The number of carbonyl (C=O) groups is 3. The van der Waals surface area contributed by atoms with Crippen LogP contribution in [0.3, 0.4) is 0 Å². The third kappa shape index (κ3) is 7.45. The number of halogens is 2. The van der Waals surface area contributed by atoms with Gasteiger partial charge in [0.2, 0.25) is 0 Å². The van der Waals surface area contributed by atoms with E-state index in [1.165, 1.54) is 42.6 Å². The first kappa shape index (κ1) is 31.2. The number of fused-ring (bicyclic) bond motifs is 1. The molecule has 0 fully saturated rings. The van der Waals surface area contributed by atoms with Gasteiger partial charge < -0.3 is 20.7 Å². The van der Waals surface area contributed by atoms with Gasteiger partial charge in [0.05, 0.1) is 34.6 Å². The molecule has 0 unspecified atom stereocenters. The number of ether oxygens (including phenoxy) is 1. The van der Waals surface area contributed by atoms with Gasteiger partial charge in [-0.15, -0.1) is 11.3 Å². The third-order valence-corrected chi connectivity index (χ3v) is 8.85. The minimum absolute atomic E-state index is 0.111. The minimum Gasteiger partial charge on any atom is -0.467 e. The van der Waals surface area contributed by atoms with Crippen LogP contribution in [0.5, 0.6) is 0 Å². The number of aromatic nitrogens is 3. The van der Waals surface area contributed by atoms with Gasteiger partial charge in [-0.3, -0.25) is 14.8 Å². The maximum atomic E-state index is 13.0. The molecule has 3 heterocycles. The van der Waals surface area contributed by atoms with Crippen molar-refractivity contribution in [1.82, 2.24) is 20.3 Å². The Morgan fingerprint density at radius 3 is 2.45 bits per heavy atom. The number of aryl methyl sites for hydroxylation is 1. The van der Waals surface area contributed by atoms with Crippen LogP contribution in [0.2, 0.25) is 10.0 Å². The smallest absolute Gasteiger partial charge is 0.328 e. The maximum absolute atomic E-state index is 13.0. The summed E-state index contributed by atoms with van der Waals surface area (Å²) in [6.45, 7) is 1.99. The second-order valence-electron chi connectivity index (χ2n) is 9.39. The quantitative estimate of drug-likeness (QED) is 0.143. The van der Waals surface area contributed by atoms with Crippen molar-refractivity contribution in [1.29, 1.82) is 0 Å². The van der Waals surface area contributed by atoms with E-state index < -0.39 is 23.9 Å². The fourth-order valence-corrected chi connectivity index (χ4v) is 6.48. The van der Waals surface area contributed by atoms with Crippen LogP contribution in [0, 0.1) is 6.92 Å². The molecule has 0 saturated carbocycles. The van der Waals surface area contributed by atoms with Crippen molar-refractivity contribution in [2.75, 3.05) is 17.7 Å². The standard InChI is InChI=1S/C30H24Cl2N6O4S2/c1-16-15-43-28-26(16)34-14-24(38-28)44-23-6-4-3-5-21(23)36-30(41)37-22(29(40)42-2)11-17-7-9-18(10-8-17)35-27(39)25-19(31)12-33-13-20(25)32/h3-10,12-15,22H,11H2,1-2H3,(H,35,39)(H2,36,37,41)/t22-/m0/s1. The van der Waals surface area contributed by atoms with Gasteiger partial charge in [-0.2, -0.15) is 0 Å². The molecule has 14 heteroatoms. The molecule has 5 rings (SSSR count). The lowest BCUT2D eigenvalue weighted by atomic mass is 10.1. The number of urea groups is 1. The van der Waals surface area contributed by atoms with Gasteiger partial charge >= 0.3 is 12.0 Å². The first-order chi connectivity index (χ1) is 21.2. The van der Waals surface area contributed by atoms with Gasteiger partial charge in [0.15, 0.2) is 0 Å². The Kier molecular flexibility index (Phi) is 9.95. The van der Waals surface area contributed by atoms with Gasteiger partial charge in [-0.05, 0) is 47.7 Å². The molecule has 1 atom stereocenters. The van der Waals surface area contributed by atoms with E-state index in [1.807, 2.05) is 24.4 Å². The molecule has 0 radical (unpaired) electrons. The molecule has 0 aliphatic rings. The van der Waals surface area contributed by atoms with Crippen molar-refractivity contribution in [3.63, 3.8) is 0 Å². The molecule has 3 amide bonds. The number of methoxy groups -OCH3 is 1. The molecule has 224 valence electrons. The van der Waals surface area contributed by atoms with Gasteiger partial charge in [0, 0.05) is 29.4 Å². The Hall–Kier alpha value is -4.23. The molecular formula is C30H24Cl2N6O4S2. The number of anilines is 2. The first-order valence-electron chi connectivity index (χ1n) is 13.0. The highest BCUT2D eigenvalue weighted by molar-refractivity contribution is 7.99. The fourth-order valence-electron chi connectivity index (χ4n) is 4.16.